The highest BCUT2D eigenvalue weighted by atomic mass is 35.5. The second-order valence-corrected chi connectivity index (χ2v) is 11.3. The van der Waals surface area contributed by atoms with Crippen molar-refractivity contribution in [3.8, 4) is 5.75 Å². The second-order valence-electron chi connectivity index (χ2n) is 9.03. The van der Waals surface area contributed by atoms with Gasteiger partial charge in [-0.05, 0) is 79.1 Å². The third kappa shape index (κ3) is 7.73. The number of methoxy groups -OCH3 is 1. The lowest BCUT2D eigenvalue weighted by Crippen LogP contribution is -2.52. The average Bonchev–Trinajstić information content (AvgIpc) is 2.96. The van der Waals surface area contributed by atoms with Gasteiger partial charge in [0.25, 0.3) is 10.0 Å². The number of carbonyl (C=O) groups is 2. The monoisotopic (exact) mass is 589 g/mol. The molecule has 8 nitrogen and oxygen atoms in total. The summed E-state index contributed by atoms with van der Waals surface area (Å²) >= 11 is 6.03. The number of nitrogens with zero attached hydrogens (tertiary/aromatic N) is 2. The van der Waals surface area contributed by atoms with E-state index in [1.165, 1.54) is 48.4 Å². The largest absolute Gasteiger partial charge is 0.497 e. The van der Waals surface area contributed by atoms with Gasteiger partial charge in [0.15, 0.2) is 0 Å². The highest BCUT2D eigenvalue weighted by Gasteiger charge is 2.33. The molecule has 0 radical (unpaired) electrons. The standard InChI is InChI=1S/C29H33ClFN3O5S/c1-4-18-32-29(36)27(5-2)33(19-21-6-8-22(30)9-7-21)28(35)20-34(24-12-10-23(31)11-13-24)40(37,38)26-16-14-25(39-3)15-17-26/h6-17,27H,4-5,18-20H2,1-3H3,(H,32,36)/t27-/m0/s1. The number of anilines is 1. The van der Waals surface area contributed by atoms with Crippen LogP contribution in [0.15, 0.2) is 77.7 Å². The van der Waals surface area contributed by atoms with Gasteiger partial charge in [0.1, 0.15) is 24.2 Å². The number of rotatable bonds is 13. The van der Waals surface area contributed by atoms with Gasteiger partial charge >= 0.3 is 0 Å². The molecule has 3 aromatic carbocycles. The first-order chi connectivity index (χ1) is 19.1. The molecule has 0 aliphatic carbocycles. The van der Waals surface area contributed by atoms with Crippen LogP contribution in [0.25, 0.3) is 0 Å². The highest BCUT2D eigenvalue weighted by Crippen LogP contribution is 2.26. The highest BCUT2D eigenvalue weighted by molar-refractivity contribution is 7.92. The first-order valence-electron chi connectivity index (χ1n) is 12.8. The van der Waals surface area contributed by atoms with Crippen molar-refractivity contribution < 1.29 is 27.1 Å². The summed E-state index contributed by atoms with van der Waals surface area (Å²) in [6, 6.07) is 16.5. The molecule has 0 aliphatic heterocycles. The third-order valence-corrected chi connectivity index (χ3v) is 8.28. The van der Waals surface area contributed by atoms with Crippen LogP contribution in [0.1, 0.15) is 32.3 Å². The van der Waals surface area contributed by atoms with Crippen LogP contribution in [0.2, 0.25) is 5.02 Å². The molecule has 40 heavy (non-hydrogen) atoms. The Labute approximate surface area is 239 Å². The zero-order chi connectivity index (χ0) is 29.3. The van der Waals surface area contributed by atoms with E-state index in [4.69, 9.17) is 16.3 Å². The number of benzene rings is 3. The fourth-order valence-electron chi connectivity index (χ4n) is 4.08. The molecule has 3 aromatic rings. The molecule has 0 saturated carbocycles. The van der Waals surface area contributed by atoms with Crippen molar-refractivity contribution >= 4 is 39.1 Å². The number of nitrogens with one attached hydrogen (secondary N) is 1. The Bertz CT molecular complexity index is 1380. The van der Waals surface area contributed by atoms with Crippen LogP contribution >= 0.6 is 11.6 Å². The van der Waals surface area contributed by atoms with E-state index < -0.39 is 34.3 Å². The van der Waals surface area contributed by atoms with E-state index in [1.807, 2.05) is 6.92 Å². The lowest BCUT2D eigenvalue weighted by Gasteiger charge is -2.33. The molecule has 0 bridgehead atoms. The van der Waals surface area contributed by atoms with Crippen LogP contribution in [-0.4, -0.2) is 51.4 Å². The first-order valence-corrected chi connectivity index (χ1v) is 14.7. The Morgan fingerprint density at radius 2 is 1.60 bits per heavy atom. The van der Waals surface area contributed by atoms with Crippen molar-refractivity contribution in [3.63, 3.8) is 0 Å². The van der Waals surface area contributed by atoms with Crippen LogP contribution in [0.5, 0.6) is 5.75 Å². The lowest BCUT2D eigenvalue weighted by molar-refractivity contribution is -0.140. The van der Waals surface area contributed by atoms with Crippen LogP contribution < -0.4 is 14.4 Å². The molecule has 0 unspecified atom stereocenters. The number of ether oxygens (including phenoxy) is 1. The van der Waals surface area contributed by atoms with E-state index in [0.717, 1.165) is 16.4 Å². The summed E-state index contributed by atoms with van der Waals surface area (Å²) in [5, 5.41) is 3.35. The minimum Gasteiger partial charge on any atom is -0.497 e. The van der Waals surface area contributed by atoms with Gasteiger partial charge in [-0.15, -0.1) is 0 Å². The van der Waals surface area contributed by atoms with Crippen LogP contribution in [0.4, 0.5) is 10.1 Å². The molecule has 0 fully saturated rings. The Morgan fingerprint density at radius 1 is 0.975 bits per heavy atom. The van der Waals surface area contributed by atoms with E-state index in [-0.39, 0.29) is 23.0 Å². The molecular weight excluding hydrogens is 557 g/mol. The average molecular weight is 590 g/mol. The van der Waals surface area contributed by atoms with Crippen LogP contribution in [0.3, 0.4) is 0 Å². The van der Waals surface area contributed by atoms with E-state index in [9.17, 15) is 22.4 Å². The number of hydrogen-bond donors (Lipinski definition) is 1. The lowest BCUT2D eigenvalue weighted by atomic mass is 10.1. The van der Waals surface area contributed by atoms with Crippen molar-refractivity contribution in [1.82, 2.24) is 10.2 Å². The smallest absolute Gasteiger partial charge is 0.264 e. The van der Waals surface area contributed by atoms with Crippen molar-refractivity contribution in [2.75, 3.05) is 24.5 Å². The minimum absolute atomic E-state index is 0.0495. The van der Waals surface area contributed by atoms with Gasteiger partial charge < -0.3 is 15.0 Å². The second kappa shape index (κ2) is 14.1. The van der Waals surface area contributed by atoms with E-state index >= 15 is 0 Å². The van der Waals surface area contributed by atoms with Crippen molar-refractivity contribution in [2.45, 2.75) is 44.2 Å². The van der Waals surface area contributed by atoms with Crippen LogP contribution in [-0.2, 0) is 26.2 Å². The maximum Gasteiger partial charge on any atom is 0.264 e. The topological polar surface area (TPSA) is 96.0 Å². The van der Waals surface area contributed by atoms with Crippen molar-refractivity contribution in [2.24, 2.45) is 0 Å². The van der Waals surface area contributed by atoms with Gasteiger partial charge in [0.2, 0.25) is 11.8 Å². The Hall–Kier alpha value is -3.63. The van der Waals surface area contributed by atoms with Gasteiger partial charge in [-0.25, -0.2) is 12.8 Å². The Kier molecular flexibility index (Phi) is 10.9. The number of amides is 2. The summed E-state index contributed by atoms with van der Waals surface area (Å²) in [7, 11) is -2.81. The fraction of sp³-hybridized carbons (Fsp3) is 0.310. The van der Waals surface area contributed by atoms with Gasteiger partial charge in [-0.1, -0.05) is 37.6 Å². The SMILES string of the molecule is CCCNC(=O)[C@H](CC)N(Cc1ccc(Cl)cc1)C(=O)CN(c1ccc(F)cc1)S(=O)(=O)c1ccc(OC)cc1. The molecule has 0 saturated heterocycles. The summed E-state index contributed by atoms with van der Waals surface area (Å²) in [5.41, 5.74) is 0.811. The first kappa shape index (κ1) is 30.9. The molecule has 0 aliphatic rings. The summed E-state index contributed by atoms with van der Waals surface area (Å²) < 4.78 is 47.4. The Morgan fingerprint density at radius 3 is 2.15 bits per heavy atom. The molecule has 1 atom stereocenters. The molecule has 11 heteroatoms. The van der Waals surface area contributed by atoms with E-state index in [0.29, 0.717) is 35.7 Å². The van der Waals surface area contributed by atoms with Gasteiger partial charge in [0.05, 0.1) is 17.7 Å². The summed E-state index contributed by atoms with van der Waals surface area (Å²) in [4.78, 5) is 28.3. The van der Waals surface area contributed by atoms with E-state index in [1.54, 1.807) is 31.2 Å². The summed E-state index contributed by atoms with van der Waals surface area (Å²) in [6.07, 6.45) is 1.02. The van der Waals surface area contributed by atoms with Gasteiger partial charge in [0, 0.05) is 18.1 Å². The Balaban J connectivity index is 2.04. The summed E-state index contributed by atoms with van der Waals surface area (Å²) in [5.74, 6) is -1.03. The number of sulfonamides is 1. The van der Waals surface area contributed by atoms with Crippen molar-refractivity contribution in [3.05, 3.63) is 89.2 Å². The normalized spacial score (nSPS) is 11.9. The number of hydrogen-bond acceptors (Lipinski definition) is 5. The third-order valence-electron chi connectivity index (χ3n) is 6.24. The number of carbonyl (C=O) groups excluding carboxylic acids is 2. The predicted molar refractivity (Wildman–Crippen MR) is 153 cm³/mol. The maximum absolute atomic E-state index is 13.9. The van der Waals surface area contributed by atoms with Crippen molar-refractivity contribution in [1.29, 1.82) is 0 Å². The zero-order valence-corrected chi connectivity index (χ0v) is 24.2. The van der Waals surface area contributed by atoms with Gasteiger partial charge in [-0.3, -0.25) is 13.9 Å². The molecular formula is C29H33ClFN3O5S. The van der Waals surface area contributed by atoms with E-state index in [2.05, 4.69) is 5.32 Å². The molecule has 3 rings (SSSR count). The molecule has 0 heterocycles. The fourth-order valence-corrected chi connectivity index (χ4v) is 5.62. The quantitative estimate of drug-likeness (QED) is 0.302. The zero-order valence-electron chi connectivity index (χ0n) is 22.6. The predicted octanol–water partition coefficient (Wildman–Crippen LogP) is 5.02. The maximum atomic E-state index is 13.9. The molecule has 0 aromatic heterocycles. The number of halogens is 2. The molecule has 0 spiro atoms. The molecule has 214 valence electrons. The minimum atomic E-state index is -4.28. The van der Waals surface area contributed by atoms with Gasteiger partial charge in [-0.2, -0.15) is 0 Å². The summed E-state index contributed by atoms with van der Waals surface area (Å²) in [6.45, 7) is 3.57. The molecule has 2 amide bonds. The molecule has 1 N–H and O–H groups in total. The van der Waals surface area contributed by atoms with Crippen LogP contribution in [0, 0.1) is 5.82 Å².